The fourth-order valence-corrected chi connectivity index (χ4v) is 5.47. The third-order valence-electron chi connectivity index (χ3n) is 6.04. The van der Waals surface area contributed by atoms with E-state index in [-0.39, 0.29) is 11.7 Å². The number of aromatic nitrogens is 1. The smallest absolute Gasteiger partial charge is 0.265 e. The summed E-state index contributed by atoms with van der Waals surface area (Å²) < 4.78 is 19.1. The number of hydrogen-bond acceptors (Lipinski definition) is 5. The summed E-state index contributed by atoms with van der Waals surface area (Å²) in [5.74, 6) is 0.251. The Kier molecular flexibility index (Phi) is 6.15. The third kappa shape index (κ3) is 4.31. The van der Waals surface area contributed by atoms with E-state index in [1.807, 2.05) is 11.8 Å². The Balaban J connectivity index is 1.47. The van der Waals surface area contributed by atoms with Crippen molar-refractivity contribution in [2.24, 2.45) is 0 Å². The average Bonchev–Trinajstić information content (AvgIpc) is 3.15. The molecule has 0 aliphatic carbocycles. The van der Waals surface area contributed by atoms with Crippen LogP contribution in [0.4, 0.5) is 4.39 Å². The lowest BCUT2D eigenvalue weighted by molar-refractivity contribution is 0.0593. The minimum atomic E-state index is -0.346. The van der Waals surface area contributed by atoms with Crippen molar-refractivity contribution in [2.75, 3.05) is 33.3 Å². The number of benzene rings is 1. The zero-order valence-corrected chi connectivity index (χ0v) is 17.9. The maximum Gasteiger partial charge on any atom is 0.265 e. The Morgan fingerprint density at radius 3 is 2.59 bits per heavy atom. The van der Waals surface area contributed by atoms with Crippen LogP contribution in [-0.4, -0.2) is 60.0 Å². The van der Waals surface area contributed by atoms with E-state index in [1.165, 1.54) is 55.8 Å². The summed E-state index contributed by atoms with van der Waals surface area (Å²) in [6, 6.07) is 4.97. The first-order valence-electron chi connectivity index (χ1n) is 10.4. The molecule has 7 heteroatoms. The second-order valence-electron chi connectivity index (χ2n) is 7.90. The van der Waals surface area contributed by atoms with Gasteiger partial charge in [-0.25, -0.2) is 9.37 Å². The lowest BCUT2D eigenvalue weighted by Crippen LogP contribution is -2.48. The lowest BCUT2D eigenvalue weighted by Gasteiger charge is -2.40. The van der Waals surface area contributed by atoms with Gasteiger partial charge in [-0.3, -0.25) is 4.79 Å². The van der Waals surface area contributed by atoms with E-state index in [9.17, 15) is 9.18 Å². The fourth-order valence-electron chi connectivity index (χ4n) is 4.42. The molecule has 2 aromatic rings. The molecule has 0 bridgehead atoms. The van der Waals surface area contributed by atoms with E-state index in [1.54, 1.807) is 13.2 Å². The number of rotatable bonds is 4. The van der Waals surface area contributed by atoms with Crippen molar-refractivity contribution in [3.05, 3.63) is 34.6 Å². The second kappa shape index (κ2) is 8.79. The van der Waals surface area contributed by atoms with Crippen molar-refractivity contribution in [3.63, 3.8) is 0 Å². The summed E-state index contributed by atoms with van der Waals surface area (Å²) >= 11 is 1.32. The van der Waals surface area contributed by atoms with Crippen molar-refractivity contribution in [2.45, 2.75) is 45.1 Å². The van der Waals surface area contributed by atoms with Gasteiger partial charge in [-0.05, 0) is 63.9 Å². The largest absolute Gasteiger partial charge is 0.496 e. The molecule has 0 atom stereocenters. The van der Waals surface area contributed by atoms with Crippen LogP contribution in [0.3, 0.4) is 0 Å². The number of hydrogen-bond donors (Lipinski definition) is 0. The second-order valence-corrected chi connectivity index (χ2v) is 8.90. The number of nitrogens with zero attached hydrogens (tertiary/aromatic N) is 3. The summed E-state index contributed by atoms with van der Waals surface area (Å²) in [6.07, 6.45) is 6.01. The molecule has 2 aliphatic rings. The molecule has 2 fully saturated rings. The Hall–Kier alpha value is -1.99. The Labute approximate surface area is 175 Å². The highest BCUT2D eigenvalue weighted by molar-refractivity contribution is 7.17. The number of thiazole rings is 1. The van der Waals surface area contributed by atoms with Gasteiger partial charge in [0, 0.05) is 19.1 Å². The fraction of sp³-hybridized carbons (Fsp3) is 0.545. The van der Waals surface area contributed by atoms with Crippen LogP contribution in [0.5, 0.6) is 5.75 Å². The number of amides is 1. The zero-order valence-electron chi connectivity index (χ0n) is 17.1. The summed E-state index contributed by atoms with van der Waals surface area (Å²) in [7, 11) is 1.55. The minimum absolute atomic E-state index is 0.0405. The van der Waals surface area contributed by atoms with Crippen LogP contribution in [0.2, 0.25) is 0 Å². The molecule has 5 nitrogen and oxygen atoms in total. The topological polar surface area (TPSA) is 45.7 Å². The monoisotopic (exact) mass is 417 g/mol. The first kappa shape index (κ1) is 20.3. The van der Waals surface area contributed by atoms with Gasteiger partial charge in [0.25, 0.3) is 5.91 Å². The molecule has 29 heavy (non-hydrogen) atoms. The zero-order chi connectivity index (χ0) is 20.4. The molecular weight excluding hydrogens is 389 g/mol. The Morgan fingerprint density at radius 2 is 1.90 bits per heavy atom. The predicted octanol–water partition coefficient (Wildman–Crippen LogP) is 4.36. The van der Waals surface area contributed by atoms with Gasteiger partial charge in [-0.15, -0.1) is 11.3 Å². The van der Waals surface area contributed by atoms with Gasteiger partial charge in [0.1, 0.15) is 21.5 Å². The van der Waals surface area contributed by atoms with Crippen molar-refractivity contribution in [1.29, 1.82) is 0 Å². The van der Waals surface area contributed by atoms with Gasteiger partial charge in [-0.2, -0.15) is 0 Å². The number of carbonyl (C=O) groups is 1. The standard InChI is InChI=1S/C22H28FN3O2S/c1-15-20(29-21(24-15)18-14-16(23)6-7-19(18)28-2)22(27)26-12-8-17(9-13-26)25-10-4-3-5-11-25/h6-7,14,17H,3-5,8-13H2,1-2H3. The number of piperidine rings is 2. The van der Waals surface area contributed by atoms with Crippen LogP contribution < -0.4 is 4.74 Å². The molecule has 0 unspecified atom stereocenters. The minimum Gasteiger partial charge on any atom is -0.496 e. The van der Waals surface area contributed by atoms with Crippen molar-refractivity contribution in [1.82, 2.24) is 14.8 Å². The van der Waals surface area contributed by atoms with E-state index in [2.05, 4.69) is 9.88 Å². The van der Waals surface area contributed by atoms with Crippen molar-refractivity contribution >= 4 is 17.2 Å². The predicted molar refractivity (Wildman–Crippen MR) is 113 cm³/mol. The van der Waals surface area contributed by atoms with Crippen molar-refractivity contribution in [3.8, 4) is 16.3 Å². The molecule has 4 rings (SSSR count). The highest BCUT2D eigenvalue weighted by atomic mass is 32.1. The van der Waals surface area contributed by atoms with Gasteiger partial charge >= 0.3 is 0 Å². The molecule has 0 radical (unpaired) electrons. The van der Waals surface area contributed by atoms with Gasteiger partial charge in [-0.1, -0.05) is 6.42 Å². The van der Waals surface area contributed by atoms with Crippen LogP contribution in [-0.2, 0) is 0 Å². The molecule has 0 saturated carbocycles. The molecule has 3 heterocycles. The van der Waals surface area contributed by atoms with Gasteiger partial charge < -0.3 is 14.5 Å². The summed E-state index contributed by atoms with van der Waals surface area (Å²) in [5, 5.41) is 0.616. The van der Waals surface area contributed by atoms with E-state index < -0.39 is 0 Å². The van der Waals surface area contributed by atoms with E-state index >= 15 is 0 Å². The quantitative estimate of drug-likeness (QED) is 0.742. The van der Waals surface area contributed by atoms with E-state index in [0.29, 0.717) is 32.9 Å². The number of carbonyl (C=O) groups excluding carboxylic acids is 1. The number of halogens is 1. The molecule has 2 aliphatic heterocycles. The maximum absolute atomic E-state index is 13.8. The van der Waals surface area contributed by atoms with E-state index in [4.69, 9.17) is 4.74 Å². The lowest BCUT2D eigenvalue weighted by atomic mass is 10.00. The molecule has 0 N–H and O–H groups in total. The summed E-state index contributed by atoms with van der Waals surface area (Å²) in [5.41, 5.74) is 1.28. The van der Waals surface area contributed by atoms with Crippen LogP contribution in [0.25, 0.3) is 10.6 Å². The Bertz CT molecular complexity index is 871. The van der Waals surface area contributed by atoms with Crippen LogP contribution >= 0.6 is 11.3 Å². The van der Waals surface area contributed by atoms with Crippen LogP contribution in [0.15, 0.2) is 18.2 Å². The first-order chi connectivity index (χ1) is 14.1. The highest BCUT2D eigenvalue weighted by Crippen LogP contribution is 2.35. The van der Waals surface area contributed by atoms with Gasteiger partial charge in [0.15, 0.2) is 0 Å². The third-order valence-corrected chi connectivity index (χ3v) is 7.22. The summed E-state index contributed by atoms with van der Waals surface area (Å²) in [4.78, 5) is 22.9. The van der Waals surface area contributed by atoms with E-state index in [0.717, 1.165) is 25.9 Å². The average molecular weight is 418 g/mol. The van der Waals surface area contributed by atoms with Crippen LogP contribution in [0, 0.1) is 12.7 Å². The molecular formula is C22H28FN3O2S. The SMILES string of the molecule is COc1ccc(F)cc1-c1nc(C)c(C(=O)N2CCC(N3CCCCC3)CC2)s1. The number of likely N-dealkylation sites (tertiary alicyclic amines) is 2. The first-order valence-corrected chi connectivity index (χ1v) is 11.2. The Morgan fingerprint density at radius 1 is 1.17 bits per heavy atom. The van der Waals surface area contributed by atoms with Gasteiger partial charge in [0.2, 0.25) is 0 Å². The molecule has 0 spiro atoms. The normalized spacial score (nSPS) is 18.8. The van der Waals surface area contributed by atoms with Crippen molar-refractivity contribution < 1.29 is 13.9 Å². The molecule has 1 aromatic carbocycles. The molecule has 156 valence electrons. The maximum atomic E-state index is 13.8. The summed E-state index contributed by atoms with van der Waals surface area (Å²) in [6.45, 7) is 5.82. The molecule has 2 saturated heterocycles. The molecule has 1 aromatic heterocycles. The van der Waals surface area contributed by atoms with Gasteiger partial charge in [0.05, 0.1) is 18.4 Å². The number of aryl methyl sites for hydroxylation is 1. The highest BCUT2D eigenvalue weighted by Gasteiger charge is 2.30. The number of methoxy groups -OCH3 is 1. The number of ether oxygens (including phenoxy) is 1. The molecule has 1 amide bonds. The van der Waals surface area contributed by atoms with Crippen LogP contribution in [0.1, 0.15) is 47.5 Å².